The first-order valence-corrected chi connectivity index (χ1v) is 7.23. The lowest BCUT2D eigenvalue weighted by Crippen LogP contribution is -2.17. The second-order valence-electron chi connectivity index (χ2n) is 4.98. The number of Topliss-reactive ketones (excluding diaryl/α,β-unsaturated/α-hetero) is 2. The van der Waals surface area contributed by atoms with Gasteiger partial charge in [0.15, 0.2) is 0 Å². The molecule has 0 atom stereocenters. The van der Waals surface area contributed by atoms with E-state index in [-0.39, 0.29) is 12.2 Å². The van der Waals surface area contributed by atoms with Crippen LogP contribution in [-0.4, -0.2) is 26.7 Å². The summed E-state index contributed by atoms with van der Waals surface area (Å²) >= 11 is 5.94. The molecule has 0 bridgehead atoms. The Kier molecular flexibility index (Phi) is 4.34. The van der Waals surface area contributed by atoms with E-state index < -0.39 is 11.6 Å². The van der Waals surface area contributed by atoms with Crippen molar-refractivity contribution in [2.24, 2.45) is 0 Å². The van der Waals surface area contributed by atoms with E-state index >= 15 is 0 Å². The van der Waals surface area contributed by atoms with Crippen molar-refractivity contribution in [2.75, 3.05) is 0 Å². The average Bonchev–Trinajstić information content (AvgIpc) is 3.18. The van der Waals surface area contributed by atoms with Gasteiger partial charge >= 0.3 is 0 Å². The highest BCUT2D eigenvalue weighted by Gasteiger charge is 2.20. The van der Waals surface area contributed by atoms with E-state index in [0.717, 1.165) is 5.56 Å². The van der Waals surface area contributed by atoms with E-state index in [9.17, 15) is 9.59 Å². The van der Waals surface area contributed by atoms with Gasteiger partial charge < -0.3 is 4.42 Å². The lowest BCUT2D eigenvalue weighted by atomic mass is 10.1. The van der Waals surface area contributed by atoms with Crippen LogP contribution in [0.25, 0.3) is 0 Å². The van der Waals surface area contributed by atoms with Crippen molar-refractivity contribution in [2.45, 2.75) is 12.8 Å². The normalized spacial score (nSPS) is 10.7. The predicted octanol–water partition coefficient (Wildman–Crippen LogP) is 2.64. The standard InChI is InChI=1S/C16H12ClN3O3/c17-12-3-1-2-10(4-12)5-13-6-11(8-23-13)7-14(21)15(22)16-18-9-19-20-16/h1-4,6,8-9H,5,7H2,(H,18,19,20). The summed E-state index contributed by atoms with van der Waals surface area (Å²) in [4.78, 5) is 27.4. The summed E-state index contributed by atoms with van der Waals surface area (Å²) in [5.41, 5.74) is 1.64. The van der Waals surface area contributed by atoms with Gasteiger partial charge in [-0.3, -0.25) is 14.7 Å². The van der Waals surface area contributed by atoms with Crippen LogP contribution in [0.15, 0.2) is 47.3 Å². The maximum absolute atomic E-state index is 11.9. The molecule has 0 aliphatic carbocycles. The van der Waals surface area contributed by atoms with Crippen LogP contribution in [0.3, 0.4) is 0 Å². The van der Waals surface area contributed by atoms with Crippen LogP contribution in [0, 0.1) is 0 Å². The zero-order valence-corrected chi connectivity index (χ0v) is 12.7. The summed E-state index contributed by atoms with van der Waals surface area (Å²) < 4.78 is 5.44. The Morgan fingerprint density at radius 1 is 1.22 bits per heavy atom. The molecule has 0 unspecified atom stereocenters. The van der Waals surface area contributed by atoms with Crippen molar-refractivity contribution in [1.29, 1.82) is 0 Å². The van der Waals surface area contributed by atoms with Gasteiger partial charge in [-0.1, -0.05) is 23.7 Å². The first-order chi connectivity index (χ1) is 11.1. The molecule has 1 aromatic carbocycles. The molecule has 116 valence electrons. The minimum absolute atomic E-state index is 0.0492. The van der Waals surface area contributed by atoms with Crippen LogP contribution >= 0.6 is 11.6 Å². The first-order valence-electron chi connectivity index (χ1n) is 6.86. The van der Waals surface area contributed by atoms with E-state index in [1.165, 1.54) is 12.6 Å². The second-order valence-corrected chi connectivity index (χ2v) is 5.42. The summed E-state index contributed by atoms with van der Waals surface area (Å²) in [6, 6.07) is 9.20. The van der Waals surface area contributed by atoms with E-state index in [1.807, 2.05) is 18.2 Å². The molecule has 0 radical (unpaired) electrons. The fourth-order valence-electron chi connectivity index (χ4n) is 2.17. The highest BCUT2D eigenvalue weighted by molar-refractivity contribution is 6.43. The summed E-state index contributed by atoms with van der Waals surface area (Å²) in [6.07, 6.45) is 3.24. The molecule has 1 N–H and O–H groups in total. The number of carbonyl (C=O) groups excluding carboxylic acids is 2. The number of nitrogens with zero attached hydrogens (tertiary/aromatic N) is 2. The summed E-state index contributed by atoms with van der Waals surface area (Å²) in [7, 11) is 0. The van der Waals surface area contributed by atoms with Gasteiger partial charge in [-0.25, -0.2) is 4.98 Å². The maximum Gasteiger partial charge on any atom is 0.267 e. The summed E-state index contributed by atoms with van der Waals surface area (Å²) in [5, 5.41) is 6.66. The first kappa shape index (κ1) is 15.2. The molecular weight excluding hydrogens is 318 g/mol. The topological polar surface area (TPSA) is 88.9 Å². The minimum atomic E-state index is -0.719. The van der Waals surface area contributed by atoms with Gasteiger partial charge in [0, 0.05) is 17.9 Å². The van der Waals surface area contributed by atoms with Crippen LogP contribution in [0.4, 0.5) is 0 Å². The molecule has 0 amide bonds. The van der Waals surface area contributed by atoms with Crippen molar-refractivity contribution in [3.8, 4) is 0 Å². The molecule has 0 aliphatic rings. The molecular formula is C16H12ClN3O3. The number of carbonyl (C=O) groups is 2. The van der Waals surface area contributed by atoms with E-state index in [2.05, 4.69) is 15.2 Å². The zero-order chi connectivity index (χ0) is 16.2. The fraction of sp³-hybridized carbons (Fsp3) is 0.125. The Bertz CT molecular complexity index is 840. The van der Waals surface area contributed by atoms with Gasteiger partial charge in [-0.05, 0) is 29.3 Å². The van der Waals surface area contributed by atoms with Crippen LogP contribution in [0.2, 0.25) is 5.02 Å². The molecule has 0 spiro atoms. The molecule has 0 fully saturated rings. The molecule has 23 heavy (non-hydrogen) atoms. The smallest absolute Gasteiger partial charge is 0.267 e. The number of H-pyrrole nitrogens is 1. The van der Waals surface area contributed by atoms with Crippen LogP contribution in [-0.2, 0) is 17.6 Å². The number of halogens is 1. The van der Waals surface area contributed by atoms with Gasteiger partial charge in [0.2, 0.25) is 11.6 Å². The van der Waals surface area contributed by atoms with Gasteiger partial charge in [0.25, 0.3) is 5.78 Å². The largest absolute Gasteiger partial charge is 0.469 e. The number of hydrogen-bond donors (Lipinski definition) is 1. The zero-order valence-electron chi connectivity index (χ0n) is 12.0. The van der Waals surface area contributed by atoms with Crippen molar-refractivity contribution in [1.82, 2.24) is 15.2 Å². The lowest BCUT2D eigenvalue weighted by molar-refractivity contribution is -0.114. The number of hydrogen-bond acceptors (Lipinski definition) is 5. The third-order valence-electron chi connectivity index (χ3n) is 3.21. The molecule has 0 saturated carbocycles. The number of benzene rings is 1. The van der Waals surface area contributed by atoms with Crippen molar-refractivity contribution in [3.05, 3.63) is 70.7 Å². The van der Waals surface area contributed by atoms with Crippen molar-refractivity contribution >= 4 is 23.2 Å². The molecule has 6 nitrogen and oxygen atoms in total. The molecule has 0 saturated heterocycles. The van der Waals surface area contributed by atoms with E-state index in [4.69, 9.17) is 16.0 Å². The summed E-state index contributed by atoms with van der Waals surface area (Å²) in [5.74, 6) is -0.735. The Hall–Kier alpha value is -2.73. The Labute approximate surface area is 136 Å². The van der Waals surface area contributed by atoms with Crippen LogP contribution in [0.1, 0.15) is 27.5 Å². The molecule has 0 aliphatic heterocycles. The number of aromatic nitrogens is 3. The second kappa shape index (κ2) is 6.58. The number of aromatic amines is 1. The number of nitrogens with one attached hydrogen (secondary N) is 1. The van der Waals surface area contributed by atoms with Gasteiger partial charge in [-0.15, -0.1) is 5.10 Å². The third-order valence-corrected chi connectivity index (χ3v) is 3.45. The fourth-order valence-corrected chi connectivity index (χ4v) is 2.38. The number of rotatable bonds is 6. The minimum Gasteiger partial charge on any atom is -0.469 e. The predicted molar refractivity (Wildman–Crippen MR) is 82.4 cm³/mol. The Morgan fingerprint density at radius 2 is 2.09 bits per heavy atom. The van der Waals surface area contributed by atoms with Crippen LogP contribution < -0.4 is 0 Å². The van der Waals surface area contributed by atoms with Crippen molar-refractivity contribution in [3.63, 3.8) is 0 Å². The van der Waals surface area contributed by atoms with E-state index in [1.54, 1.807) is 12.1 Å². The van der Waals surface area contributed by atoms with Gasteiger partial charge in [0.1, 0.15) is 12.1 Å². The van der Waals surface area contributed by atoms with Crippen LogP contribution in [0.5, 0.6) is 0 Å². The summed E-state index contributed by atoms with van der Waals surface area (Å²) in [6.45, 7) is 0. The third kappa shape index (κ3) is 3.73. The molecule has 2 heterocycles. The highest BCUT2D eigenvalue weighted by atomic mass is 35.5. The van der Waals surface area contributed by atoms with Gasteiger partial charge in [0.05, 0.1) is 6.26 Å². The van der Waals surface area contributed by atoms with E-state index in [0.29, 0.717) is 22.8 Å². The van der Waals surface area contributed by atoms with Gasteiger partial charge in [-0.2, -0.15) is 0 Å². The SMILES string of the molecule is O=C(Cc1coc(Cc2cccc(Cl)c2)c1)C(=O)c1nc[nH]n1. The maximum atomic E-state index is 11.9. The van der Waals surface area contributed by atoms with Crippen molar-refractivity contribution < 1.29 is 14.0 Å². The molecule has 2 aromatic heterocycles. The average molecular weight is 330 g/mol. The highest BCUT2D eigenvalue weighted by Crippen LogP contribution is 2.17. The Morgan fingerprint density at radius 3 is 2.83 bits per heavy atom. The molecule has 3 aromatic rings. The molecule has 3 rings (SSSR count). The number of ketones is 2. The number of furan rings is 1. The quantitative estimate of drug-likeness (QED) is 0.554. The Balaban J connectivity index is 1.65. The molecule has 7 heteroatoms. The monoisotopic (exact) mass is 329 g/mol. The lowest BCUT2D eigenvalue weighted by Gasteiger charge is -1.98.